The van der Waals surface area contributed by atoms with Crippen molar-refractivity contribution in [3.05, 3.63) is 81.9 Å². The number of ether oxygens (including phenoxy) is 1. The lowest BCUT2D eigenvalue weighted by Gasteiger charge is -2.35. The second-order valence-corrected chi connectivity index (χ2v) is 9.21. The molecule has 3 amide bonds. The lowest BCUT2D eigenvalue weighted by Crippen LogP contribution is -2.56. The van der Waals surface area contributed by atoms with Crippen LogP contribution in [0.15, 0.2) is 60.7 Å². The van der Waals surface area contributed by atoms with Gasteiger partial charge in [-0.15, -0.1) is 0 Å². The number of fused-ring (bicyclic) bond motifs is 5. The zero-order chi connectivity index (χ0) is 25.7. The highest BCUT2D eigenvalue weighted by Gasteiger charge is 2.61. The van der Waals surface area contributed by atoms with E-state index in [1.165, 1.54) is 26.2 Å². The van der Waals surface area contributed by atoms with Crippen molar-refractivity contribution in [1.82, 2.24) is 10.0 Å². The van der Waals surface area contributed by atoms with E-state index in [1.54, 1.807) is 24.3 Å². The van der Waals surface area contributed by atoms with Gasteiger partial charge in [0.15, 0.2) is 5.78 Å². The molecule has 0 spiro atoms. The van der Waals surface area contributed by atoms with Crippen LogP contribution in [0, 0.1) is 33.8 Å². The van der Waals surface area contributed by atoms with Crippen molar-refractivity contribution in [2.75, 3.05) is 7.11 Å². The number of imide groups is 1. The van der Waals surface area contributed by atoms with E-state index in [0.29, 0.717) is 5.75 Å². The molecule has 2 aromatic carbocycles. The molecule has 1 saturated carbocycles. The molecule has 5 atom stereocenters. The maximum absolute atomic E-state index is 13.7. The van der Waals surface area contributed by atoms with Gasteiger partial charge in [0.1, 0.15) is 11.8 Å². The standard InChI is InChI=1S/C26H23N3O7/c1-14(23(30)15-7-11-20(36-2)12-8-15)27(24(31)16-5-9-19(10-6-16)29(34)35)28-25(32)21-17-3-4-18(13-17)22(21)26(28)33/h3-12,14,17-18,21-22H,13H2,1-2H3/t14-,17-,18-,21+,22+/m0/s1. The van der Waals surface area contributed by atoms with E-state index in [4.69, 9.17) is 4.74 Å². The van der Waals surface area contributed by atoms with Crippen LogP contribution < -0.4 is 4.74 Å². The minimum atomic E-state index is -1.21. The molecule has 3 aliphatic rings. The first kappa shape index (κ1) is 23.4. The number of non-ortho nitro benzene ring substituents is 1. The largest absolute Gasteiger partial charge is 0.497 e. The average Bonchev–Trinajstić information content (AvgIpc) is 3.58. The fourth-order valence-corrected chi connectivity index (χ4v) is 5.50. The maximum atomic E-state index is 13.7. The van der Waals surface area contributed by atoms with Crippen LogP contribution in [0.5, 0.6) is 5.75 Å². The third-order valence-electron chi connectivity index (χ3n) is 7.32. The van der Waals surface area contributed by atoms with Crippen LogP contribution in [0.3, 0.4) is 0 Å². The Balaban J connectivity index is 1.52. The molecule has 0 radical (unpaired) electrons. The fraction of sp³-hybridized carbons (Fsp3) is 0.308. The summed E-state index contributed by atoms with van der Waals surface area (Å²) in [5, 5.41) is 12.8. The Morgan fingerprint density at radius 3 is 2.00 bits per heavy atom. The van der Waals surface area contributed by atoms with Gasteiger partial charge in [-0.1, -0.05) is 12.2 Å². The number of benzene rings is 2. The molecule has 2 bridgehead atoms. The summed E-state index contributed by atoms with van der Waals surface area (Å²) in [5.74, 6) is -3.02. The van der Waals surface area contributed by atoms with Crippen LogP contribution in [0.1, 0.15) is 34.1 Å². The molecule has 2 fully saturated rings. The third kappa shape index (κ3) is 3.57. The van der Waals surface area contributed by atoms with Crippen LogP contribution in [0.2, 0.25) is 0 Å². The highest BCUT2D eigenvalue weighted by atomic mass is 16.6. The van der Waals surface area contributed by atoms with Crippen molar-refractivity contribution in [3.63, 3.8) is 0 Å². The Bertz CT molecular complexity index is 1270. The second kappa shape index (κ2) is 8.71. The summed E-state index contributed by atoms with van der Waals surface area (Å²) in [7, 11) is 1.49. The summed E-state index contributed by atoms with van der Waals surface area (Å²) in [5.41, 5.74) is 0.0607. The van der Waals surface area contributed by atoms with E-state index < -0.39 is 46.3 Å². The molecule has 2 aliphatic carbocycles. The van der Waals surface area contributed by atoms with Gasteiger partial charge in [0.2, 0.25) is 0 Å². The maximum Gasteiger partial charge on any atom is 0.273 e. The minimum Gasteiger partial charge on any atom is -0.497 e. The number of carbonyl (C=O) groups excluding carboxylic acids is 4. The minimum absolute atomic E-state index is 0.00809. The number of amides is 3. The number of ketones is 1. The van der Waals surface area contributed by atoms with Crippen molar-refractivity contribution < 1.29 is 28.8 Å². The van der Waals surface area contributed by atoms with Crippen LogP contribution in [-0.2, 0) is 9.59 Å². The molecule has 36 heavy (non-hydrogen) atoms. The van der Waals surface area contributed by atoms with E-state index in [9.17, 15) is 29.3 Å². The predicted octanol–water partition coefficient (Wildman–Crippen LogP) is 3.04. The van der Waals surface area contributed by atoms with Gasteiger partial charge in [-0.2, -0.15) is 5.01 Å². The van der Waals surface area contributed by atoms with Crippen molar-refractivity contribution in [2.24, 2.45) is 23.7 Å². The molecule has 184 valence electrons. The van der Waals surface area contributed by atoms with Crippen molar-refractivity contribution in [3.8, 4) is 5.75 Å². The zero-order valence-corrected chi connectivity index (χ0v) is 19.6. The first-order valence-corrected chi connectivity index (χ1v) is 11.5. The van der Waals surface area contributed by atoms with Gasteiger partial charge >= 0.3 is 0 Å². The SMILES string of the molecule is COc1ccc(C(=O)[C@H](C)N(C(=O)c2ccc([N+](=O)[O-])cc2)N2C(=O)[C@H]3[C@H](C2=O)[C@H]2C=C[C@H]3C2)cc1. The Morgan fingerprint density at radius 1 is 0.972 bits per heavy atom. The summed E-state index contributed by atoms with van der Waals surface area (Å²) < 4.78 is 5.13. The molecule has 10 nitrogen and oxygen atoms in total. The van der Waals surface area contributed by atoms with Gasteiger partial charge < -0.3 is 4.74 Å². The number of nitrogens with zero attached hydrogens (tertiary/aromatic N) is 3. The molecule has 10 heteroatoms. The number of nitro benzene ring substituents is 1. The Labute approximate surface area is 206 Å². The molecule has 0 N–H and O–H groups in total. The number of rotatable bonds is 7. The van der Waals surface area contributed by atoms with Crippen molar-refractivity contribution in [1.29, 1.82) is 0 Å². The van der Waals surface area contributed by atoms with Gasteiger partial charge in [-0.05, 0) is 61.6 Å². The molecule has 1 saturated heterocycles. The summed E-state index contributed by atoms with van der Waals surface area (Å²) in [4.78, 5) is 64.6. The number of methoxy groups -OCH3 is 1. The van der Waals surface area contributed by atoms with Gasteiger partial charge in [0.25, 0.3) is 23.4 Å². The molecule has 1 heterocycles. The molecule has 0 aromatic heterocycles. The molecular formula is C26H23N3O7. The number of hydrogen-bond donors (Lipinski definition) is 0. The smallest absolute Gasteiger partial charge is 0.273 e. The lowest BCUT2D eigenvalue weighted by atomic mass is 9.85. The van der Waals surface area contributed by atoms with Crippen LogP contribution in [0.25, 0.3) is 0 Å². The number of hydrazine groups is 1. The van der Waals surface area contributed by atoms with Crippen molar-refractivity contribution >= 4 is 29.2 Å². The Kier molecular flexibility index (Phi) is 5.66. The van der Waals surface area contributed by atoms with Gasteiger partial charge in [0, 0.05) is 23.3 Å². The van der Waals surface area contributed by atoms with E-state index in [-0.39, 0.29) is 28.7 Å². The van der Waals surface area contributed by atoms with E-state index >= 15 is 0 Å². The lowest BCUT2D eigenvalue weighted by molar-refractivity contribution is -0.384. The number of allylic oxidation sites excluding steroid dienone is 2. The number of Topliss-reactive ketones (excluding diaryl/α,β-unsaturated/α-hetero) is 1. The number of nitro groups is 1. The molecular weight excluding hydrogens is 466 g/mol. The quantitative estimate of drug-likeness (QED) is 0.192. The zero-order valence-electron chi connectivity index (χ0n) is 19.6. The van der Waals surface area contributed by atoms with Gasteiger partial charge in [-0.3, -0.25) is 29.3 Å². The monoisotopic (exact) mass is 489 g/mol. The van der Waals surface area contributed by atoms with E-state index in [2.05, 4.69) is 0 Å². The highest BCUT2D eigenvalue weighted by molar-refractivity contribution is 6.11. The van der Waals surface area contributed by atoms with Crippen LogP contribution in [0.4, 0.5) is 5.69 Å². The van der Waals surface area contributed by atoms with Gasteiger partial charge in [-0.25, -0.2) is 5.01 Å². The summed E-state index contributed by atoms with van der Waals surface area (Å²) in [6.45, 7) is 1.46. The molecule has 1 aliphatic heterocycles. The second-order valence-electron chi connectivity index (χ2n) is 9.21. The van der Waals surface area contributed by atoms with Crippen molar-refractivity contribution in [2.45, 2.75) is 19.4 Å². The summed E-state index contributed by atoms with van der Waals surface area (Å²) in [6, 6.07) is 9.88. The Morgan fingerprint density at radius 2 is 1.50 bits per heavy atom. The predicted molar refractivity (Wildman–Crippen MR) is 126 cm³/mol. The highest BCUT2D eigenvalue weighted by Crippen LogP contribution is 2.53. The molecule has 5 rings (SSSR count). The van der Waals surface area contributed by atoms with Gasteiger partial charge in [0.05, 0.1) is 23.9 Å². The van der Waals surface area contributed by atoms with Crippen LogP contribution in [-0.4, -0.2) is 51.6 Å². The van der Waals surface area contributed by atoms with Crippen LogP contribution >= 0.6 is 0 Å². The number of hydrogen-bond acceptors (Lipinski definition) is 7. The van der Waals surface area contributed by atoms with E-state index in [1.807, 2.05) is 12.2 Å². The third-order valence-corrected chi connectivity index (χ3v) is 7.32. The molecule has 0 unspecified atom stereocenters. The normalized spacial score (nSPS) is 24.6. The first-order valence-electron chi connectivity index (χ1n) is 11.5. The fourth-order valence-electron chi connectivity index (χ4n) is 5.50. The molecule has 2 aromatic rings. The topological polar surface area (TPSA) is 127 Å². The first-order chi connectivity index (χ1) is 17.2. The van der Waals surface area contributed by atoms with E-state index in [0.717, 1.165) is 28.6 Å². The Hall–Kier alpha value is -4.34. The average molecular weight is 489 g/mol. The summed E-state index contributed by atoms with van der Waals surface area (Å²) in [6.07, 6.45) is 4.60. The number of carbonyl (C=O) groups is 4. The summed E-state index contributed by atoms with van der Waals surface area (Å²) >= 11 is 0.